The molecule has 0 aromatic carbocycles. The number of carbonyl (C=O) groups excluding carboxylic acids is 2. The smallest absolute Gasteiger partial charge is 0.306 e. The van der Waals surface area contributed by atoms with Gasteiger partial charge in [-0.3, -0.25) is 14.2 Å². The Labute approximate surface area is 484 Å². The Balaban J connectivity index is 5.30. The fraction of sp³-hybridized carbons (Fsp3) is 0.594. The summed E-state index contributed by atoms with van der Waals surface area (Å²) >= 11 is 0. The molecule has 0 radical (unpaired) electrons. The molecule has 0 fully saturated rings. The molecule has 3 atom stereocenters. The van der Waals surface area contributed by atoms with E-state index in [0.29, 0.717) is 23.9 Å². The van der Waals surface area contributed by atoms with Crippen LogP contribution in [0.1, 0.15) is 213 Å². The first kappa shape index (κ1) is 74.6. The summed E-state index contributed by atoms with van der Waals surface area (Å²) in [5, 5.41) is 2.99. The van der Waals surface area contributed by atoms with E-state index in [1.807, 2.05) is 88.0 Å². The van der Waals surface area contributed by atoms with Crippen molar-refractivity contribution in [1.29, 1.82) is 0 Å². The number of phosphoric acid groups is 1. The van der Waals surface area contributed by atoms with E-state index in [1.54, 1.807) is 6.08 Å². The summed E-state index contributed by atoms with van der Waals surface area (Å²) in [5.74, 6) is -0.625. The van der Waals surface area contributed by atoms with E-state index < -0.39 is 26.6 Å². The number of esters is 1. The van der Waals surface area contributed by atoms with E-state index in [9.17, 15) is 19.0 Å². The second kappa shape index (κ2) is 56.9. The Bertz CT molecular complexity index is 1910. The van der Waals surface area contributed by atoms with Crippen LogP contribution in [0.5, 0.6) is 0 Å². The first-order chi connectivity index (χ1) is 38.4. The highest BCUT2D eigenvalue weighted by molar-refractivity contribution is 7.45. The van der Waals surface area contributed by atoms with Crippen molar-refractivity contribution < 1.29 is 37.3 Å². The van der Waals surface area contributed by atoms with Crippen LogP contribution in [-0.2, 0) is 27.9 Å². The summed E-state index contributed by atoms with van der Waals surface area (Å²) in [4.78, 5) is 40.0. The Morgan fingerprint density at radius 1 is 0.468 bits per heavy atom. The number of likely N-dealkylation sites (N-methyl/N-ethyl adjacent to an activating group) is 1. The third kappa shape index (κ3) is 58.1. The van der Waals surface area contributed by atoms with Crippen molar-refractivity contribution >= 4 is 19.7 Å². The molecule has 79 heavy (non-hydrogen) atoms. The van der Waals surface area contributed by atoms with E-state index >= 15 is 0 Å². The van der Waals surface area contributed by atoms with Crippen LogP contribution in [0, 0.1) is 0 Å². The Kier molecular flexibility index (Phi) is 53.7. The van der Waals surface area contributed by atoms with Gasteiger partial charge in [-0.2, -0.15) is 0 Å². The van der Waals surface area contributed by atoms with Crippen LogP contribution in [0.3, 0.4) is 0 Å². The van der Waals surface area contributed by atoms with Gasteiger partial charge in [-0.05, 0) is 102 Å². The molecule has 0 aliphatic heterocycles. The number of carbonyl (C=O) groups is 2. The lowest BCUT2D eigenvalue weighted by atomic mass is 10.1. The highest BCUT2D eigenvalue weighted by Crippen LogP contribution is 2.38. The fourth-order valence-electron chi connectivity index (χ4n) is 7.91. The zero-order valence-electron chi connectivity index (χ0n) is 50.8. The van der Waals surface area contributed by atoms with Crippen LogP contribution in [0.2, 0.25) is 0 Å². The molecule has 9 nitrogen and oxygen atoms in total. The van der Waals surface area contributed by atoms with Crippen molar-refractivity contribution in [1.82, 2.24) is 5.32 Å². The molecule has 0 aromatic heterocycles. The predicted octanol–water partition coefficient (Wildman–Crippen LogP) is 18.6. The summed E-state index contributed by atoms with van der Waals surface area (Å²) in [6, 6.07) is -0.931. The summed E-state index contributed by atoms with van der Waals surface area (Å²) in [7, 11) is 1.11. The maximum Gasteiger partial charge on any atom is 0.306 e. The number of hydrogen-bond donors (Lipinski definition) is 1. The third-order valence-corrected chi connectivity index (χ3v) is 13.6. The molecule has 3 unspecified atom stereocenters. The fourth-order valence-corrected chi connectivity index (χ4v) is 8.63. The van der Waals surface area contributed by atoms with E-state index in [2.05, 4.69) is 111 Å². The molecule has 0 aliphatic carbocycles. The van der Waals surface area contributed by atoms with E-state index in [-0.39, 0.29) is 31.3 Å². The van der Waals surface area contributed by atoms with Crippen LogP contribution in [-0.4, -0.2) is 69.4 Å². The summed E-state index contributed by atoms with van der Waals surface area (Å²) in [6.45, 7) is 6.50. The van der Waals surface area contributed by atoms with E-state index in [1.165, 1.54) is 44.9 Å². The maximum absolute atomic E-state index is 13.5. The average Bonchev–Trinajstić information content (AvgIpc) is 3.41. The first-order valence-corrected chi connectivity index (χ1v) is 32.3. The van der Waals surface area contributed by atoms with Crippen LogP contribution in [0.4, 0.5) is 0 Å². The Hall–Kier alpha value is -4.37. The molecule has 0 saturated heterocycles. The molecule has 446 valence electrons. The second-order valence-corrected chi connectivity index (χ2v) is 22.7. The van der Waals surface area contributed by atoms with Crippen LogP contribution in [0.15, 0.2) is 158 Å². The van der Waals surface area contributed by atoms with Crippen molar-refractivity contribution in [3.8, 4) is 0 Å². The van der Waals surface area contributed by atoms with Gasteiger partial charge >= 0.3 is 5.97 Å². The normalized spacial score (nSPS) is 14.8. The molecule has 10 heteroatoms. The van der Waals surface area contributed by atoms with E-state index in [0.717, 1.165) is 122 Å². The number of amides is 1. The zero-order valence-corrected chi connectivity index (χ0v) is 51.6. The standard InChI is InChI=1S/C69H113N2O7P/c1-7-10-13-16-19-22-25-27-29-31-32-33-34-35-36-37-38-40-42-44-47-50-53-56-59-62-69(73)78-67(60-57-54-51-48-45-24-21-18-15-12-9-3)66(65-77-79(74,75)76-64-63-71(4,5)6)70-68(72)61-58-55-52-49-46-43-41-39-30-28-26-23-20-17-14-11-8-2/h10-11,13-14,17,19-20,22-23,26-30,32-33,35-36,38-41,43,46,57,60,66-67H,7-9,12,15-16,18,21,24-25,31,34,37,42,44-45,47-56,58-59,61-65H2,1-6H3,(H-,70,72,74,75)/b13-10-,14-11-,20-17+,22-19-,26-23+,29-27-,30-28-,33-32-,36-35-,40-38-,41-39+,46-43+,60-57-. The largest absolute Gasteiger partial charge is 0.756 e. The van der Waals surface area contributed by atoms with Crippen LogP contribution in [0.25, 0.3) is 0 Å². The molecule has 0 heterocycles. The van der Waals surface area contributed by atoms with Crippen molar-refractivity contribution in [3.05, 3.63) is 158 Å². The van der Waals surface area contributed by atoms with Crippen molar-refractivity contribution in [2.24, 2.45) is 0 Å². The van der Waals surface area contributed by atoms with Gasteiger partial charge < -0.3 is 28.5 Å². The van der Waals surface area contributed by atoms with Crippen molar-refractivity contribution in [2.45, 2.75) is 226 Å². The third-order valence-electron chi connectivity index (χ3n) is 12.6. The number of allylic oxidation sites excluding steroid dienone is 25. The maximum atomic E-state index is 13.5. The summed E-state index contributed by atoms with van der Waals surface area (Å²) in [5.41, 5.74) is 0. The molecule has 0 spiro atoms. The molecule has 1 N–H and O–H groups in total. The van der Waals surface area contributed by atoms with Gasteiger partial charge in [0.25, 0.3) is 7.82 Å². The van der Waals surface area contributed by atoms with Crippen LogP contribution < -0.4 is 10.2 Å². The second-order valence-electron chi connectivity index (χ2n) is 21.2. The highest BCUT2D eigenvalue weighted by Gasteiger charge is 2.27. The number of nitrogens with one attached hydrogen (secondary N) is 1. The average molecular weight is 1110 g/mol. The van der Waals surface area contributed by atoms with Gasteiger partial charge in [-0.1, -0.05) is 256 Å². The number of rotatable bonds is 53. The lowest BCUT2D eigenvalue weighted by Crippen LogP contribution is -2.47. The van der Waals surface area contributed by atoms with Gasteiger partial charge in [0.05, 0.1) is 33.8 Å². The van der Waals surface area contributed by atoms with Gasteiger partial charge in [-0.15, -0.1) is 0 Å². The topological polar surface area (TPSA) is 114 Å². The molecule has 0 aromatic rings. The number of unbranched alkanes of at least 4 members (excludes halogenated alkanes) is 18. The SMILES string of the molecule is CC\C=C/C=C/C=C/C=C\C=C\C=C\CCCCCC(=O)NC(COP(=O)([O-])OCC[N+](C)(C)C)C(/C=C\CCCCCCCCCCC)OC(=O)CCCCCCCC/C=C\C/C=C\C/C=C\C/C=C\C/C=C\C/C=C\CC. The Morgan fingerprint density at radius 3 is 1.38 bits per heavy atom. The van der Waals surface area contributed by atoms with Gasteiger partial charge in [0, 0.05) is 12.8 Å². The Morgan fingerprint density at radius 2 is 0.873 bits per heavy atom. The quantitative estimate of drug-likeness (QED) is 0.0161. The minimum Gasteiger partial charge on any atom is -0.756 e. The number of nitrogens with zero attached hydrogens (tertiary/aromatic N) is 1. The molecular formula is C69H113N2O7P. The van der Waals surface area contributed by atoms with Gasteiger partial charge in [-0.25, -0.2) is 0 Å². The molecule has 0 aliphatic rings. The van der Waals surface area contributed by atoms with Gasteiger partial charge in [0.15, 0.2) is 0 Å². The van der Waals surface area contributed by atoms with Crippen molar-refractivity contribution in [3.63, 3.8) is 0 Å². The molecule has 0 rings (SSSR count). The number of quaternary nitrogens is 1. The van der Waals surface area contributed by atoms with Gasteiger partial charge in [0.2, 0.25) is 5.91 Å². The first-order valence-electron chi connectivity index (χ1n) is 30.9. The lowest BCUT2D eigenvalue weighted by Gasteiger charge is -2.30. The minimum atomic E-state index is -4.73. The minimum absolute atomic E-state index is 0.0441. The predicted molar refractivity (Wildman–Crippen MR) is 339 cm³/mol. The van der Waals surface area contributed by atoms with Gasteiger partial charge in [0.1, 0.15) is 19.3 Å². The lowest BCUT2D eigenvalue weighted by molar-refractivity contribution is -0.870. The molecular weight excluding hydrogens is 1000 g/mol. The zero-order chi connectivity index (χ0) is 57.9. The monoisotopic (exact) mass is 1110 g/mol. The van der Waals surface area contributed by atoms with Crippen molar-refractivity contribution in [2.75, 3.05) is 40.9 Å². The number of ether oxygens (including phenoxy) is 1. The number of hydrogen-bond acceptors (Lipinski definition) is 7. The number of phosphoric ester groups is 1. The molecule has 0 bridgehead atoms. The summed E-state index contributed by atoms with van der Waals surface area (Å²) < 4.78 is 30.2. The molecule has 0 saturated carbocycles. The van der Waals surface area contributed by atoms with Crippen LogP contribution >= 0.6 is 7.82 Å². The van der Waals surface area contributed by atoms with E-state index in [4.69, 9.17) is 13.8 Å². The molecule has 1 amide bonds. The summed E-state index contributed by atoms with van der Waals surface area (Å²) in [6.07, 6.45) is 83.6. The highest BCUT2D eigenvalue weighted by atomic mass is 31.2.